The number of amides is 1. The van der Waals surface area contributed by atoms with Crippen molar-refractivity contribution in [1.82, 2.24) is 14.9 Å². The van der Waals surface area contributed by atoms with Gasteiger partial charge >= 0.3 is 0 Å². The number of hydrogen-bond donors (Lipinski definition) is 0. The number of piperidine rings is 1. The van der Waals surface area contributed by atoms with Crippen LogP contribution in [0.1, 0.15) is 37.1 Å². The summed E-state index contributed by atoms with van der Waals surface area (Å²) in [5.41, 5.74) is 2.08. The van der Waals surface area contributed by atoms with E-state index in [0.29, 0.717) is 25.5 Å². The normalized spacial score (nSPS) is 21.6. The van der Waals surface area contributed by atoms with Crippen molar-refractivity contribution >= 4 is 11.9 Å². The molecule has 1 aromatic heterocycles. The molecule has 0 saturated carbocycles. The Labute approximate surface area is 144 Å². The second-order valence-corrected chi connectivity index (χ2v) is 6.96. The quantitative estimate of drug-likeness (QED) is 0.795. The summed E-state index contributed by atoms with van der Waals surface area (Å²) < 4.78 is 5.08. The maximum atomic E-state index is 12.1. The lowest BCUT2D eigenvalue weighted by atomic mass is 10.0. The zero-order chi connectivity index (χ0) is 16.9. The number of methoxy groups -OCH3 is 1. The van der Waals surface area contributed by atoms with E-state index in [1.165, 1.54) is 19.3 Å². The lowest BCUT2D eigenvalue weighted by Crippen LogP contribution is -2.31. The van der Waals surface area contributed by atoms with Crippen molar-refractivity contribution < 1.29 is 9.53 Å². The first-order chi connectivity index (χ1) is 11.7. The molecular formula is C18H28N4O2. The summed E-state index contributed by atoms with van der Waals surface area (Å²) in [5, 5.41) is 0. The van der Waals surface area contributed by atoms with Gasteiger partial charge in [0.25, 0.3) is 0 Å². The molecule has 1 amide bonds. The first-order valence-corrected chi connectivity index (χ1v) is 9.02. The van der Waals surface area contributed by atoms with Gasteiger partial charge in [-0.05, 0) is 44.6 Å². The van der Waals surface area contributed by atoms with Gasteiger partial charge in [0.05, 0.1) is 6.61 Å². The van der Waals surface area contributed by atoms with Crippen LogP contribution in [0.15, 0.2) is 6.07 Å². The first-order valence-electron chi connectivity index (χ1n) is 9.02. The summed E-state index contributed by atoms with van der Waals surface area (Å²) in [5.74, 6) is 1.45. The van der Waals surface area contributed by atoms with E-state index < -0.39 is 0 Å². The van der Waals surface area contributed by atoms with Crippen molar-refractivity contribution in [3.05, 3.63) is 17.5 Å². The molecule has 2 saturated heterocycles. The fraction of sp³-hybridized carbons (Fsp3) is 0.722. The molecule has 0 unspecified atom stereocenters. The van der Waals surface area contributed by atoms with E-state index in [1.54, 1.807) is 7.11 Å². The Kier molecular flexibility index (Phi) is 5.66. The molecule has 0 aromatic carbocycles. The second kappa shape index (κ2) is 7.92. The van der Waals surface area contributed by atoms with Gasteiger partial charge in [0.2, 0.25) is 11.9 Å². The Morgan fingerprint density at radius 3 is 2.79 bits per heavy atom. The van der Waals surface area contributed by atoms with E-state index in [-0.39, 0.29) is 5.91 Å². The fourth-order valence-electron chi connectivity index (χ4n) is 3.66. The zero-order valence-electron chi connectivity index (χ0n) is 14.8. The minimum atomic E-state index is 0.235. The number of aryl methyl sites for hydroxylation is 1. The van der Waals surface area contributed by atoms with E-state index in [2.05, 4.69) is 16.0 Å². The molecule has 1 aromatic rings. The number of carbonyl (C=O) groups excluding carboxylic acids is 1. The lowest BCUT2D eigenvalue weighted by Gasteiger charge is -2.27. The minimum Gasteiger partial charge on any atom is -0.383 e. The number of likely N-dealkylation sites (tertiary alicyclic amines) is 1. The molecule has 3 rings (SSSR count). The summed E-state index contributed by atoms with van der Waals surface area (Å²) in [4.78, 5) is 25.7. The van der Waals surface area contributed by atoms with Crippen molar-refractivity contribution in [3.8, 4) is 0 Å². The molecular weight excluding hydrogens is 304 g/mol. The molecule has 2 aliphatic heterocycles. The third kappa shape index (κ3) is 4.23. The largest absolute Gasteiger partial charge is 0.383 e. The average Bonchev–Trinajstić information content (AvgIpc) is 2.92. The van der Waals surface area contributed by atoms with Crippen LogP contribution in [0, 0.1) is 12.8 Å². The van der Waals surface area contributed by atoms with Crippen molar-refractivity contribution in [2.75, 3.05) is 44.8 Å². The zero-order valence-corrected chi connectivity index (χ0v) is 14.8. The number of nitrogens with zero attached hydrogens (tertiary/aromatic N) is 4. The first kappa shape index (κ1) is 17.1. The van der Waals surface area contributed by atoms with Crippen molar-refractivity contribution in [2.24, 2.45) is 5.92 Å². The Hall–Kier alpha value is -1.69. The Morgan fingerprint density at radius 2 is 2.04 bits per heavy atom. The van der Waals surface area contributed by atoms with Crippen LogP contribution >= 0.6 is 0 Å². The highest BCUT2D eigenvalue weighted by atomic mass is 16.5. The van der Waals surface area contributed by atoms with Crippen LogP contribution < -0.4 is 4.90 Å². The molecule has 2 fully saturated rings. The van der Waals surface area contributed by atoms with E-state index in [1.807, 2.05) is 11.8 Å². The molecule has 2 aliphatic rings. The van der Waals surface area contributed by atoms with Gasteiger partial charge in [-0.15, -0.1) is 0 Å². The minimum absolute atomic E-state index is 0.235. The summed E-state index contributed by atoms with van der Waals surface area (Å²) in [7, 11) is 1.67. The maximum Gasteiger partial charge on any atom is 0.225 e. The molecule has 0 N–H and O–H groups in total. The molecule has 6 heteroatoms. The third-order valence-electron chi connectivity index (χ3n) is 4.89. The van der Waals surface area contributed by atoms with Gasteiger partial charge < -0.3 is 14.5 Å². The molecule has 0 bridgehead atoms. The van der Waals surface area contributed by atoms with Crippen LogP contribution in [-0.4, -0.2) is 60.7 Å². The molecule has 0 radical (unpaired) electrons. The van der Waals surface area contributed by atoms with Crippen LogP contribution in [0.3, 0.4) is 0 Å². The van der Waals surface area contributed by atoms with Crippen molar-refractivity contribution in [3.63, 3.8) is 0 Å². The highest BCUT2D eigenvalue weighted by molar-refractivity contribution is 5.78. The predicted octanol–water partition coefficient (Wildman–Crippen LogP) is 1.81. The smallest absolute Gasteiger partial charge is 0.225 e. The molecule has 132 valence electrons. The van der Waals surface area contributed by atoms with Gasteiger partial charge in [-0.1, -0.05) is 0 Å². The van der Waals surface area contributed by atoms with Crippen LogP contribution in [-0.2, 0) is 16.0 Å². The SMILES string of the molecule is COCCN1C[C@@H](Cc2cc(C)nc(N3CCCCC3)n2)CC1=O. The summed E-state index contributed by atoms with van der Waals surface area (Å²) in [6, 6.07) is 2.07. The average molecular weight is 332 g/mol. The number of carbonyl (C=O) groups is 1. The van der Waals surface area contributed by atoms with E-state index >= 15 is 0 Å². The van der Waals surface area contributed by atoms with Gasteiger partial charge in [0, 0.05) is 51.1 Å². The molecule has 1 atom stereocenters. The van der Waals surface area contributed by atoms with Crippen LogP contribution in [0.25, 0.3) is 0 Å². The molecule has 24 heavy (non-hydrogen) atoms. The monoisotopic (exact) mass is 332 g/mol. The highest BCUT2D eigenvalue weighted by Crippen LogP contribution is 2.23. The molecule has 0 aliphatic carbocycles. The fourth-order valence-corrected chi connectivity index (χ4v) is 3.66. The topological polar surface area (TPSA) is 58.6 Å². The summed E-state index contributed by atoms with van der Waals surface area (Å²) >= 11 is 0. The highest BCUT2D eigenvalue weighted by Gasteiger charge is 2.29. The van der Waals surface area contributed by atoms with Gasteiger partial charge in [-0.3, -0.25) is 4.79 Å². The molecule has 0 spiro atoms. The van der Waals surface area contributed by atoms with Crippen molar-refractivity contribution in [2.45, 2.75) is 39.0 Å². The number of ether oxygens (including phenoxy) is 1. The summed E-state index contributed by atoms with van der Waals surface area (Å²) in [6.45, 7) is 6.23. The van der Waals surface area contributed by atoms with E-state index in [4.69, 9.17) is 9.72 Å². The van der Waals surface area contributed by atoms with Crippen molar-refractivity contribution in [1.29, 1.82) is 0 Å². The number of aromatic nitrogens is 2. The van der Waals surface area contributed by atoms with E-state index in [0.717, 1.165) is 43.4 Å². The Bertz CT molecular complexity index is 572. The van der Waals surface area contributed by atoms with Gasteiger partial charge in [-0.25, -0.2) is 9.97 Å². The number of anilines is 1. The molecule has 3 heterocycles. The van der Waals surface area contributed by atoms with Gasteiger partial charge in [-0.2, -0.15) is 0 Å². The third-order valence-corrected chi connectivity index (χ3v) is 4.89. The van der Waals surface area contributed by atoms with Crippen LogP contribution in [0.5, 0.6) is 0 Å². The second-order valence-electron chi connectivity index (χ2n) is 6.96. The maximum absolute atomic E-state index is 12.1. The number of hydrogen-bond acceptors (Lipinski definition) is 5. The van der Waals surface area contributed by atoms with Gasteiger partial charge in [0.15, 0.2) is 0 Å². The standard InChI is InChI=1S/C18H28N4O2/c1-14-10-16(20-18(19-14)21-6-4-3-5-7-21)11-15-12-17(23)22(13-15)8-9-24-2/h10,15H,3-9,11-13H2,1-2H3/t15-/m0/s1. The lowest BCUT2D eigenvalue weighted by molar-refractivity contribution is -0.128. The number of rotatable bonds is 6. The summed E-state index contributed by atoms with van der Waals surface area (Å²) in [6.07, 6.45) is 5.21. The predicted molar refractivity (Wildman–Crippen MR) is 93.1 cm³/mol. The van der Waals surface area contributed by atoms with Crippen LogP contribution in [0.4, 0.5) is 5.95 Å². The Morgan fingerprint density at radius 1 is 1.25 bits per heavy atom. The van der Waals surface area contributed by atoms with E-state index in [9.17, 15) is 4.79 Å². The van der Waals surface area contributed by atoms with Gasteiger partial charge in [0.1, 0.15) is 0 Å². The Balaban J connectivity index is 1.64. The molecule has 6 nitrogen and oxygen atoms in total. The van der Waals surface area contributed by atoms with Crippen LogP contribution in [0.2, 0.25) is 0 Å².